The number of alkyl halides is 3. The van der Waals surface area contributed by atoms with Gasteiger partial charge in [-0.25, -0.2) is 0 Å². The van der Waals surface area contributed by atoms with Gasteiger partial charge in [-0.15, -0.1) is 16.9 Å². The fraction of sp³-hybridized carbons (Fsp3) is 0.143. The van der Waals surface area contributed by atoms with Gasteiger partial charge in [0.25, 0.3) is 0 Å². The largest absolute Gasteiger partial charge is 0.573 e. The molecule has 0 aromatic heterocycles. The van der Waals surface area contributed by atoms with Gasteiger partial charge in [0.2, 0.25) is 0 Å². The zero-order valence-corrected chi connectivity index (χ0v) is 9.44. The molecular formula is C7H4BrF3MgO. The molecule has 0 aliphatic rings. The summed E-state index contributed by atoms with van der Waals surface area (Å²) in [6.45, 7) is 0. The third-order valence-corrected chi connectivity index (χ3v) is 3.98. The maximum atomic E-state index is 11.8. The Hall–Kier alpha value is 0.0562. The topological polar surface area (TPSA) is 9.23 Å². The van der Waals surface area contributed by atoms with Crippen molar-refractivity contribution in [2.75, 3.05) is 0 Å². The predicted molar refractivity (Wildman–Crippen MR) is 47.4 cm³/mol. The van der Waals surface area contributed by atoms with Gasteiger partial charge in [0, 0.05) is 0 Å². The van der Waals surface area contributed by atoms with Crippen LogP contribution in [-0.4, -0.2) is 24.6 Å². The van der Waals surface area contributed by atoms with E-state index in [1.54, 1.807) is 12.1 Å². The van der Waals surface area contributed by atoms with Crippen molar-refractivity contribution in [3.63, 3.8) is 0 Å². The number of hydrogen-bond donors (Lipinski definition) is 0. The number of rotatable bonds is 2. The van der Waals surface area contributed by atoms with Crippen molar-refractivity contribution in [3.05, 3.63) is 24.3 Å². The molecule has 0 heterocycles. The Labute approximate surface area is 88.9 Å². The Morgan fingerprint density at radius 2 is 2.00 bits per heavy atom. The zero-order chi connectivity index (χ0) is 9.90. The van der Waals surface area contributed by atoms with Crippen molar-refractivity contribution in [1.29, 1.82) is 0 Å². The molecule has 6 heteroatoms. The van der Waals surface area contributed by atoms with Gasteiger partial charge in [-0.2, -0.15) is 0 Å². The third kappa shape index (κ3) is 4.19. The Bertz CT molecular complexity index is 289. The summed E-state index contributed by atoms with van der Waals surface area (Å²) in [5.74, 6) is -0.156. The lowest BCUT2D eigenvalue weighted by Crippen LogP contribution is -2.18. The first-order chi connectivity index (χ1) is 6.01. The second-order valence-corrected chi connectivity index (χ2v) is 5.09. The van der Waals surface area contributed by atoms with Gasteiger partial charge in [-0.1, -0.05) is 12.1 Å². The average Bonchev–Trinajstić information content (AvgIpc) is 2.01. The van der Waals surface area contributed by atoms with E-state index in [1.807, 2.05) is 0 Å². The summed E-state index contributed by atoms with van der Waals surface area (Å²) >= 11 is 2.66. The van der Waals surface area contributed by atoms with Crippen LogP contribution in [0, 0.1) is 0 Å². The molecule has 1 nitrogen and oxygen atoms in total. The molecule has 0 radical (unpaired) electrons. The quantitative estimate of drug-likeness (QED) is 0.745. The third-order valence-electron chi connectivity index (χ3n) is 1.29. The van der Waals surface area contributed by atoms with Crippen LogP contribution in [0.15, 0.2) is 24.3 Å². The maximum Gasteiger partial charge on any atom is 0.573 e. The van der Waals surface area contributed by atoms with E-state index in [1.165, 1.54) is 12.1 Å². The number of benzene rings is 1. The van der Waals surface area contributed by atoms with Crippen molar-refractivity contribution < 1.29 is 17.9 Å². The summed E-state index contributed by atoms with van der Waals surface area (Å²) in [5, 5.41) is 0. The van der Waals surface area contributed by atoms with Crippen molar-refractivity contribution in [2.45, 2.75) is 6.36 Å². The average molecular weight is 265 g/mol. The fourth-order valence-corrected chi connectivity index (χ4v) is 2.38. The van der Waals surface area contributed by atoms with Crippen LogP contribution in [-0.2, 0) is 0 Å². The molecule has 0 bridgehead atoms. The summed E-state index contributed by atoms with van der Waals surface area (Å²) in [4.78, 5) is 0. The molecule has 1 rings (SSSR count). The van der Waals surface area contributed by atoms with Gasteiger partial charge in [-0.3, -0.25) is 12.9 Å². The number of hydrogen-bond acceptors (Lipinski definition) is 1. The van der Waals surface area contributed by atoms with Gasteiger partial charge >= 0.3 is 24.6 Å². The molecule has 0 N–H and O–H groups in total. The van der Waals surface area contributed by atoms with Crippen LogP contribution in [0.4, 0.5) is 13.2 Å². The van der Waals surface area contributed by atoms with Crippen molar-refractivity contribution in [3.8, 4) is 5.75 Å². The second-order valence-electron chi connectivity index (χ2n) is 2.33. The van der Waals surface area contributed by atoms with Crippen molar-refractivity contribution in [1.82, 2.24) is 0 Å². The molecule has 0 spiro atoms. The van der Waals surface area contributed by atoms with E-state index >= 15 is 0 Å². The molecule has 0 atom stereocenters. The van der Waals surface area contributed by atoms with E-state index in [0.717, 1.165) is 3.69 Å². The fourth-order valence-electron chi connectivity index (χ4n) is 0.826. The Morgan fingerprint density at radius 1 is 1.31 bits per heavy atom. The van der Waals surface area contributed by atoms with Gasteiger partial charge in [0.05, 0.1) is 0 Å². The van der Waals surface area contributed by atoms with Crippen molar-refractivity contribution in [2.24, 2.45) is 0 Å². The van der Waals surface area contributed by atoms with Crippen molar-refractivity contribution >= 4 is 34.8 Å². The minimum atomic E-state index is -4.60. The van der Waals surface area contributed by atoms with E-state index < -0.39 is 24.6 Å². The van der Waals surface area contributed by atoms with Gasteiger partial charge < -0.3 is 4.74 Å². The number of halogens is 4. The smallest absolute Gasteiger partial charge is 0.406 e. The standard InChI is InChI=1S/C7H4F3O.BrH.Mg/c8-7(9,10)11-6-4-2-1-3-5-6;;/h1-2,4-5H;1H;/q;;+1/p-1. The minimum absolute atomic E-state index is 0.156. The molecular weight excluding hydrogens is 261 g/mol. The molecule has 68 valence electrons. The van der Waals surface area contributed by atoms with Crippen LogP contribution in [0.25, 0.3) is 0 Å². The highest BCUT2D eigenvalue weighted by atomic mass is 79.9. The van der Waals surface area contributed by atoms with E-state index in [0.29, 0.717) is 0 Å². The monoisotopic (exact) mass is 264 g/mol. The Morgan fingerprint density at radius 3 is 2.54 bits per heavy atom. The second kappa shape index (κ2) is 4.52. The van der Waals surface area contributed by atoms with Gasteiger partial charge in [0.15, 0.2) is 0 Å². The van der Waals surface area contributed by atoms with E-state index in [2.05, 4.69) is 17.6 Å². The summed E-state index contributed by atoms with van der Waals surface area (Å²) in [7, 11) is 0. The van der Waals surface area contributed by atoms with Crippen LogP contribution in [0.3, 0.4) is 0 Å². The van der Waals surface area contributed by atoms with Crippen LogP contribution < -0.4 is 8.43 Å². The molecule has 0 saturated heterocycles. The lowest BCUT2D eigenvalue weighted by Gasteiger charge is -2.09. The highest BCUT2D eigenvalue weighted by Crippen LogP contribution is 2.21. The lowest BCUT2D eigenvalue weighted by molar-refractivity contribution is -0.274. The lowest BCUT2D eigenvalue weighted by atomic mass is 10.3. The SMILES string of the molecule is FC(F)(F)Oc1ccc[c]([Mg][Br])c1. The molecule has 13 heavy (non-hydrogen) atoms. The Kier molecular flexibility index (Phi) is 3.87. The molecule has 1 aromatic rings. The maximum absolute atomic E-state index is 11.8. The van der Waals surface area contributed by atoms with E-state index in [-0.39, 0.29) is 5.75 Å². The normalized spacial score (nSPS) is 10.8. The van der Waals surface area contributed by atoms with Crippen LogP contribution >= 0.6 is 12.9 Å². The van der Waals surface area contributed by atoms with Gasteiger partial charge in [0.1, 0.15) is 5.75 Å². The van der Waals surface area contributed by atoms with Crippen LogP contribution in [0.2, 0.25) is 0 Å². The highest BCUT2D eigenvalue weighted by molar-refractivity contribution is 9.23. The first kappa shape index (κ1) is 11.1. The van der Waals surface area contributed by atoms with E-state index in [4.69, 9.17) is 0 Å². The molecule has 0 saturated carbocycles. The molecule has 0 aliphatic heterocycles. The first-order valence-electron chi connectivity index (χ1n) is 3.42. The highest BCUT2D eigenvalue weighted by Gasteiger charge is 2.30. The molecule has 0 unspecified atom stereocenters. The predicted octanol–water partition coefficient (Wildman–Crippen LogP) is 2.22. The molecule has 1 aromatic carbocycles. The molecule has 0 aliphatic carbocycles. The van der Waals surface area contributed by atoms with E-state index in [9.17, 15) is 13.2 Å². The zero-order valence-electron chi connectivity index (χ0n) is 6.44. The summed E-state index contributed by atoms with van der Waals surface area (Å²) in [6.07, 6.45) is -4.60. The summed E-state index contributed by atoms with van der Waals surface area (Å²) in [5.41, 5.74) is 0. The summed E-state index contributed by atoms with van der Waals surface area (Å²) < 4.78 is 39.9. The van der Waals surface area contributed by atoms with Gasteiger partial charge in [-0.05, 0) is 12.1 Å². The van der Waals surface area contributed by atoms with Crippen LogP contribution in [0.5, 0.6) is 5.75 Å². The molecule has 0 fully saturated rings. The Balaban J connectivity index is 2.78. The molecule has 0 amide bonds. The van der Waals surface area contributed by atoms with Crippen LogP contribution in [0.1, 0.15) is 0 Å². The first-order valence-corrected chi connectivity index (χ1v) is 8.02. The number of ether oxygens (including phenoxy) is 1. The summed E-state index contributed by atoms with van der Waals surface area (Å²) in [6, 6.07) is 6.00. The minimum Gasteiger partial charge on any atom is -0.406 e.